The third-order valence-electron chi connectivity index (χ3n) is 3.62. The Labute approximate surface area is 107 Å². The Kier molecular flexibility index (Phi) is 4.42. The van der Waals surface area contributed by atoms with E-state index >= 15 is 0 Å². The van der Waals surface area contributed by atoms with Crippen molar-refractivity contribution in [1.29, 1.82) is 0 Å². The van der Waals surface area contributed by atoms with Crippen LogP contribution >= 0.6 is 0 Å². The lowest BCUT2D eigenvalue weighted by atomic mass is 9.85. The normalized spacial score (nSPS) is 18.6. The average molecular weight is 252 g/mol. The van der Waals surface area contributed by atoms with Crippen molar-refractivity contribution in [1.82, 2.24) is 0 Å². The Morgan fingerprint density at radius 1 is 1.44 bits per heavy atom. The molecule has 0 radical (unpaired) electrons. The van der Waals surface area contributed by atoms with Crippen LogP contribution in [0, 0.1) is 5.92 Å². The lowest BCUT2D eigenvalue weighted by Gasteiger charge is -2.23. The molecule has 0 saturated heterocycles. The molecule has 1 aromatic rings. The molecule has 4 nitrogen and oxygen atoms in total. The summed E-state index contributed by atoms with van der Waals surface area (Å²) in [6, 6.07) is 3.20. The van der Waals surface area contributed by atoms with Crippen LogP contribution in [0.3, 0.4) is 0 Å². The van der Waals surface area contributed by atoms with Gasteiger partial charge in [0.15, 0.2) is 0 Å². The first-order valence-electron chi connectivity index (χ1n) is 6.57. The van der Waals surface area contributed by atoms with Gasteiger partial charge in [0.25, 0.3) is 0 Å². The maximum Gasteiger partial charge on any atom is 0.373 e. The van der Waals surface area contributed by atoms with Gasteiger partial charge in [0.05, 0.1) is 7.11 Å². The van der Waals surface area contributed by atoms with Gasteiger partial charge in [0, 0.05) is 0 Å². The smallest absolute Gasteiger partial charge is 0.373 e. The van der Waals surface area contributed by atoms with Gasteiger partial charge in [0.2, 0.25) is 5.76 Å². The third kappa shape index (κ3) is 3.13. The first kappa shape index (κ1) is 13.1. The fourth-order valence-electron chi connectivity index (χ4n) is 2.60. The molecule has 0 bridgehead atoms. The maximum atomic E-state index is 11.2. The number of esters is 1. The highest BCUT2D eigenvalue weighted by molar-refractivity contribution is 5.86. The molecule has 1 N–H and O–H groups in total. The first-order chi connectivity index (χ1) is 8.70. The molecule has 4 heteroatoms. The highest BCUT2D eigenvalue weighted by Gasteiger charge is 2.21. The molecule has 1 heterocycles. The fraction of sp³-hybridized carbons (Fsp3) is 0.643. The number of hydrogen-bond donors (Lipinski definition) is 1. The van der Waals surface area contributed by atoms with Crippen molar-refractivity contribution < 1.29 is 19.1 Å². The molecule has 18 heavy (non-hydrogen) atoms. The molecule has 1 aromatic heterocycles. The zero-order valence-corrected chi connectivity index (χ0v) is 10.7. The van der Waals surface area contributed by atoms with Crippen molar-refractivity contribution in [3.05, 3.63) is 23.7 Å². The molecule has 0 amide bonds. The molecule has 0 aliphatic heterocycles. The summed E-state index contributed by atoms with van der Waals surface area (Å²) in [5.41, 5.74) is 0. The van der Waals surface area contributed by atoms with Gasteiger partial charge in [-0.05, 0) is 24.5 Å². The molecular weight excluding hydrogens is 232 g/mol. The Morgan fingerprint density at radius 3 is 2.83 bits per heavy atom. The zero-order chi connectivity index (χ0) is 13.0. The first-order valence-corrected chi connectivity index (χ1v) is 6.57. The minimum absolute atomic E-state index is 0.148. The van der Waals surface area contributed by atoms with Crippen LogP contribution in [0.2, 0.25) is 0 Å². The summed E-state index contributed by atoms with van der Waals surface area (Å²) in [4.78, 5) is 11.2. The summed E-state index contributed by atoms with van der Waals surface area (Å²) in [6.07, 6.45) is 6.27. The second kappa shape index (κ2) is 6.05. The van der Waals surface area contributed by atoms with Gasteiger partial charge >= 0.3 is 5.97 Å². The van der Waals surface area contributed by atoms with Gasteiger partial charge in [-0.3, -0.25) is 0 Å². The molecule has 100 valence electrons. The molecular formula is C14H20O4. The van der Waals surface area contributed by atoms with Crippen molar-refractivity contribution in [2.45, 2.75) is 44.6 Å². The predicted octanol–water partition coefficient (Wildman–Crippen LogP) is 3.07. The maximum absolute atomic E-state index is 11.2. The second-order valence-corrected chi connectivity index (χ2v) is 4.95. The summed E-state index contributed by atoms with van der Waals surface area (Å²) < 4.78 is 9.88. The standard InChI is InChI=1S/C14H20O4/c1-17-14(16)13-8-7-12(18-13)11(15)9-10-5-3-2-4-6-10/h7-8,10-11,15H,2-6,9H2,1H3. The highest BCUT2D eigenvalue weighted by atomic mass is 16.5. The van der Waals surface area contributed by atoms with Crippen LogP contribution in [0.5, 0.6) is 0 Å². The van der Waals surface area contributed by atoms with E-state index in [1.807, 2.05) is 0 Å². The van der Waals surface area contributed by atoms with Crippen LogP contribution in [-0.4, -0.2) is 18.2 Å². The van der Waals surface area contributed by atoms with E-state index in [4.69, 9.17) is 4.42 Å². The van der Waals surface area contributed by atoms with E-state index in [1.165, 1.54) is 39.2 Å². The number of aliphatic hydroxyl groups is 1. The van der Waals surface area contributed by atoms with E-state index in [9.17, 15) is 9.90 Å². The fourth-order valence-corrected chi connectivity index (χ4v) is 2.60. The molecule has 1 atom stereocenters. The Balaban J connectivity index is 1.93. The summed E-state index contributed by atoms with van der Waals surface area (Å²) in [5, 5.41) is 10.1. The van der Waals surface area contributed by atoms with Gasteiger partial charge in [-0.25, -0.2) is 4.79 Å². The Bertz CT molecular complexity index is 390. The molecule has 1 unspecified atom stereocenters. The lowest BCUT2D eigenvalue weighted by molar-refractivity contribution is 0.0549. The van der Waals surface area contributed by atoms with Gasteiger partial charge in [-0.1, -0.05) is 32.1 Å². The minimum atomic E-state index is -0.619. The highest BCUT2D eigenvalue weighted by Crippen LogP contribution is 2.32. The Morgan fingerprint density at radius 2 is 2.17 bits per heavy atom. The van der Waals surface area contributed by atoms with Crippen LogP contribution in [0.1, 0.15) is 60.9 Å². The summed E-state index contributed by atoms with van der Waals surface area (Å²) >= 11 is 0. The topological polar surface area (TPSA) is 59.7 Å². The predicted molar refractivity (Wildman–Crippen MR) is 66.2 cm³/mol. The van der Waals surface area contributed by atoms with Crippen LogP contribution < -0.4 is 0 Å². The van der Waals surface area contributed by atoms with E-state index in [-0.39, 0.29) is 5.76 Å². The summed E-state index contributed by atoms with van der Waals surface area (Å²) in [7, 11) is 1.31. The number of furan rings is 1. The van der Waals surface area contributed by atoms with E-state index in [1.54, 1.807) is 12.1 Å². The summed E-state index contributed by atoms with van der Waals surface area (Å²) in [6.45, 7) is 0. The molecule has 2 rings (SSSR count). The summed E-state index contributed by atoms with van der Waals surface area (Å²) in [5.74, 6) is 0.669. The SMILES string of the molecule is COC(=O)c1ccc(C(O)CC2CCCCC2)o1. The molecule has 1 aliphatic rings. The zero-order valence-electron chi connectivity index (χ0n) is 10.7. The monoisotopic (exact) mass is 252 g/mol. The van der Waals surface area contributed by atoms with Gasteiger partial charge in [-0.2, -0.15) is 0 Å². The van der Waals surface area contributed by atoms with Crippen molar-refractivity contribution in [3.8, 4) is 0 Å². The number of carbonyl (C=O) groups is 1. The average Bonchev–Trinajstić information content (AvgIpc) is 2.88. The van der Waals surface area contributed by atoms with Crippen LogP contribution in [0.4, 0.5) is 0 Å². The molecule has 1 aliphatic carbocycles. The molecule has 1 fully saturated rings. The number of methoxy groups -OCH3 is 1. The van der Waals surface area contributed by atoms with Crippen molar-refractivity contribution >= 4 is 5.97 Å². The van der Waals surface area contributed by atoms with E-state index in [2.05, 4.69) is 4.74 Å². The number of hydrogen-bond acceptors (Lipinski definition) is 4. The van der Waals surface area contributed by atoms with Gasteiger partial charge < -0.3 is 14.3 Å². The van der Waals surface area contributed by atoms with Gasteiger partial charge in [-0.15, -0.1) is 0 Å². The molecule has 0 aromatic carbocycles. The Hall–Kier alpha value is -1.29. The number of ether oxygens (including phenoxy) is 1. The van der Waals surface area contributed by atoms with Crippen LogP contribution in [0.15, 0.2) is 16.5 Å². The van der Waals surface area contributed by atoms with Crippen LogP contribution in [-0.2, 0) is 4.74 Å². The number of aliphatic hydroxyl groups excluding tert-OH is 1. The second-order valence-electron chi connectivity index (χ2n) is 4.95. The number of carbonyl (C=O) groups excluding carboxylic acids is 1. The third-order valence-corrected chi connectivity index (χ3v) is 3.62. The number of rotatable bonds is 4. The van der Waals surface area contributed by atoms with Crippen molar-refractivity contribution in [3.63, 3.8) is 0 Å². The van der Waals surface area contributed by atoms with E-state index in [0.29, 0.717) is 18.1 Å². The van der Waals surface area contributed by atoms with Gasteiger partial charge in [0.1, 0.15) is 11.9 Å². The lowest BCUT2D eigenvalue weighted by Crippen LogP contribution is -2.10. The van der Waals surface area contributed by atoms with E-state index < -0.39 is 12.1 Å². The van der Waals surface area contributed by atoms with Crippen LogP contribution in [0.25, 0.3) is 0 Å². The molecule has 0 spiro atoms. The largest absolute Gasteiger partial charge is 0.463 e. The van der Waals surface area contributed by atoms with Crippen molar-refractivity contribution in [2.75, 3.05) is 7.11 Å². The van der Waals surface area contributed by atoms with E-state index in [0.717, 1.165) is 0 Å². The minimum Gasteiger partial charge on any atom is -0.463 e. The quantitative estimate of drug-likeness (QED) is 0.836. The van der Waals surface area contributed by atoms with Crippen molar-refractivity contribution in [2.24, 2.45) is 5.92 Å². The molecule has 1 saturated carbocycles.